The predicted molar refractivity (Wildman–Crippen MR) is 131 cm³/mol. The van der Waals surface area contributed by atoms with Crippen LogP contribution in [-0.4, -0.2) is 51.4 Å². The number of nitrogens with two attached hydrogens (primary N) is 1. The molecule has 9 heteroatoms. The molecule has 0 unspecified atom stereocenters. The van der Waals surface area contributed by atoms with Gasteiger partial charge in [0.15, 0.2) is 0 Å². The molecule has 0 bridgehead atoms. The molecule has 9 nitrogen and oxygen atoms in total. The molecule has 4 rings (SSSR count). The molecule has 1 aromatic heterocycles. The van der Waals surface area contributed by atoms with Crippen molar-refractivity contribution in [2.45, 2.75) is 32.4 Å². The fraction of sp³-hybridized carbons (Fsp3) is 0.280. The van der Waals surface area contributed by atoms with Crippen LogP contribution in [0.4, 0.5) is 16.4 Å². The van der Waals surface area contributed by atoms with Gasteiger partial charge < -0.3 is 25.4 Å². The van der Waals surface area contributed by atoms with Gasteiger partial charge in [0.25, 0.3) is 0 Å². The van der Waals surface area contributed by atoms with Gasteiger partial charge in [0.05, 0.1) is 17.3 Å². The molecular formula is C25H28N6O3. The molecule has 1 saturated heterocycles. The first-order chi connectivity index (χ1) is 16.2. The molecule has 4 N–H and O–H groups in total. The molecule has 0 saturated carbocycles. The van der Waals surface area contributed by atoms with Crippen molar-refractivity contribution in [2.24, 2.45) is 0 Å². The Kier molecular flexibility index (Phi) is 6.36. The Bertz CT molecular complexity index is 1170. The molecule has 1 aliphatic rings. The first-order valence-electron chi connectivity index (χ1n) is 11.0. The Labute approximate surface area is 198 Å². The van der Waals surface area contributed by atoms with Crippen LogP contribution in [0.15, 0.2) is 60.9 Å². The predicted octanol–water partition coefficient (Wildman–Crippen LogP) is 4.30. The van der Waals surface area contributed by atoms with Crippen molar-refractivity contribution in [3.8, 4) is 11.5 Å². The smallest absolute Gasteiger partial charge is 0.410 e. The molecule has 2 aromatic carbocycles. The molecule has 1 amide bonds. The summed E-state index contributed by atoms with van der Waals surface area (Å²) in [6, 6.07) is 16.6. The molecule has 0 aliphatic carbocycles. The lowest BCUT2D eigenvalue weighted by Crippen LogP contribution is -2.58. The number of nitrogen functional groups attached to an aromatic ring is 1. The second-order valence-electron chi connectivity index (χ2n) is 9.02. The van der Waals surface area contributed by atoms with Gasteiger partial charge in [-0.15, -0.1) is 0 Å². The number of carbonyl (C=O) groups is 1. The van der Waals surface area contributed by atoms with Crippen LogP contribution in [0.25, 0.3) is 0 Å². The zero-order chi connectivity index (χ0) is 24.3. The van der Waals surface area contributed by atoms with E-state index in [1.807, 2.05) is 51.1 Å². The van der Waals surface area contributed by atoms with Gasteiger partial charge in [0.2, 0.25) is 0 Å². The summed E-state index contributed by atoms with van der Waals surface area (Å²) in [7, 11) is 0. The van der Waals surface area contributed by atoms with Crippen molar-refractivity contribution < 1.29 is 14.3 Å². The van der Waals surface area contributed by atoms with E-state index in [1.54, 1.807) is 29.2 Å². The van der Waals surface area contributed by atoms with E-state index < -0.39 is 5.60 Å². The van der Waals surface area contributed by atoms with Crippen LogP contribution in [0.1, 0.15) is 31.9 Å². The highest BCUT2D eigenvalue weighted by Crippen LogP contribution is 2.26. The summed E-state index contributed by atoms with van der Waals surface area (Å²) in [5, 5.41) is 12.0. The van der Waals surface area contributed by atoms with Crippen molar-refractivity contribution in [2.75, 3.05) is 24.1 Å². The van der Waals surface area contributed by atoms with Gasteiger partial charge in [-0.2, -0.15) is 0 Å². The van der Waals surface area contributed by atoms with Crippen LogP contribution < -0.4 is 15.8 Å². The van der Waals surface area contributed by atoms with Crippen LogP contribution in [0.5, 0.6) is 11.5 Å². The highest BCUT2D eigenvalue weighted by molar-refractivity contribution is 6.16. The number of nitrogens with zero attached hydrogens (tertiary/aromatic N) is 3. The van der Waals surface area contributed by atoms with Crippen LogP contribution >= 0.6 is 0 Å². The summed E-state index contributed by atoms with van der Waals surface area (Å²) in [6.45, 7) is 6.45. The number of nitrogens with one attached hydrogen (secondary N) is 2. The second-order valence-corrected chi connectivity index (χ2v) is 9.02. The summed E-state index contributed by atoms with van der Waals surface area (Å²) in [4.78, 5) is 22.2. The Morgan fingerprint density at radius 1 is 1.06 bits per heavy atom. The number of para-hydroxylation sites is 1. The number of carbonyl (C=O) groups excluding carboxylic acids is 1. The Morgan fingerprint density at radius 2 is 1.71 bits per heavy atom. The molecule has 0 spiro atoms. The Hall–Kier alpha value is -4.14. The fourth-order valence-electron chi connectivity index (χ4n) is 3.45. The standard InChI is InChI=1S/C25H28N6O3/c1-25(2,3)34-24(32)31-13-17(14-31)30-23-20(22(27)28-15-29-23)21(26)16-9-11-19(12-10-16)33-18-7-5-4-6-8-18/h4-12,15,17,26H,13-14H2,1-3H3,(H3,27,28,29,30). The molecule has 34 heavy (non-hydrogen) atoms. The highest BCUT2D eigenvalue weighted by atomic mass is 16.6. The second kappa shape index (κ2) is 9.38. The molecule has 1 fully saturated rings. The molecule has 176 valence electrons. The zero-order valence-corrected chi connectivity index (χ0v) is 19.4. The topological polar surface area (TPSA) is 126 Å². The van der Waals surface area contributed by atoms with E-state index in [4.69, 9.17) is 20.6 Å². The van der Waals surface area contributed by atoms with Gasteiger partial charge in [-0.3, -0.25) is 5.41 Å². The number of anilines is 2. The van der Waals surface area contributed by atoms with Gasteiger partial charge in [0, 0.05) is 18.7 Å². The SMILES string of the molecule is CC(C)(C)OC(=O)N1CC(Nc2ncnc(N)c2C(=N)c2ccc(Oc3ccccc3)cc2)C1. The number of hydrogen-bond donors (Lipinski definition) is 3. The number of hydrogen-bond acceptors (Lipinski definition) is 8. The summed E-state index contributed by atoms with van der Waals surface area (Å²) < 4.78 is 11.2. The fourth-order valence-corrected chi connectivity index (χ4v) is 3.45. The first kappa shape index (κ1) is 23.0. The minimum Gasteiger partial charge on any atom is -0.457 e. The summed E-state index contributed by atoms with van der Waals surface area (Å²) in [6.07, 6.45) is 1.01. The van der Waals surface area contributed by atoms with Crippen molar-refractivity contribution >= 4 is 23.4 Å². The molecule has 3 aromatic rings. The van der Waals surface area contributed by atoms with E-state index in [-0.39, 0.29) is 23.7 Å². The van der Waals surface area contributed by atoms with Gasteiger partial charge in [-0.1, -0.05) is 18.2 Å². The van der Waals surface area contributed by atoms with E-state index in [0.29, 0.717) is 35.8 Å². The maximum absolute atomic E-state index is 12.2. The maximum Gasteiger partial charge on any atom is 0.410 e. The van der Waals surface area contributed by atoms with E-state index in [2.05, 4.69) is 15.3 Å². The zero-order valence-electron chi connectivity index (χ0n) is 19.4. The van der Waals surface area contributed by atoms with Gasteiger partial charge in [-0.25, -0.2) is 14.8 Å². The summed E-state index contributed by atoms with van der Waals surface area (Å²) in [5.74, 6) is 2.06. The lowest BCUT2D eigenvalue weighted by atomic mass is 10.0. The highest BCUT2D eigenvalue weighted by Gasteiger charge is 2.34. The van der Waals surface area contributed by atoms with E-state index in [1.165, 1.54) is 6.33 Å². The van der Waals surface area contributed by atoms with Crippen LogP contribution in [0.2, 0.25) is 0 Å². The van der Waals surface area contributed by atoms with Crippen LogP contribution in [-0.2, 0) is 4.74 Å². The monoisotopic (exact) mass is 460 g/mol. The summed E-state index contributed by atoms with van der Waals surface area (Å²) >= 11 is 0. The Morgan fingerprint density at radius 3 is 2.35 bits per heavy atom. The maximum atomic E-state index is 12.2. The number of rotatable bonds is 6. The van der Waals surface area contributed by atoms with E-state index in [0.717, 1.165) is 5.75 Å². The third-order valence-corrected chi connectivity index (χ3v) is 5.12. The summed E-state index contributed by atoms with van der Waals surface area (Å²) in [5.41, 5.74) is 6.84. The lowest BCUT2D eigenvalue weighted by molar-refractivity contribution is 0.0104. The van der Waals surface area contributed by atoms with Gasteiger partial charge in [0.1, 0.15) is 35.1 Å². The lowest BCUT2D eigenvalue weighted by Gasteiger charge is -2.40. The van der Waals surface area contributed by atoms with Gasteiger partial charge in [-0.05, 0) is 57.2 Å². The Balaban J connectivity index is 1.44. The average molecular weight is 461 g/mol. The number of likely N-dealkylation sites (tertiary alicyclic amines) is 1. The van der Waals surface area contributed by atoms with E-state index in [9.17, 15) is 4.79 Å². The molecule has 0 atom stereocenters. The molecular weight excluding hydrogens is 432 g/mol. The van der Waals surface area contributed by atoms with Crippen molar-refractivity contribution in [3.05, 3.63) is 72.1 Å². The number of amides is 1. The van der Waals surface area contributed by atoms with Crippen molar-refractivity contribution in [1.82, 2.24) is 14.9 Å². The third-order valence-electron chi connectivity index (χ3n) is 5.12. The number of ether oxygens (including phenoxy) is 2. The molecule has 1 aliphatic heterocycles. The minimum atomic E-state index is -0.541. The van der Waals surface area contributed by atoms with E-state index >= 15 is 0 Å². The largest absolute Gasteiger partial charge is 0.457 e. The average Bonchev–Trinajstić information content (AvgIpc) is 2.75. The third kappa shape index (κ3) is 5.43. The van der Waals surface area contributed by atoms with Crippen LogP contribution in [0.3, 0.4) is 0 Å². The van der Waals surface area contributed by atoms with Crippen molar-refractivity contribution in [1.29, 1.82) is 5.41 Å². The normalized spacial score (nSPS) is 13.7. The molecule has 0 radical (unpaired) electrons. The van der Waals surface area contributed by atoms with Gasteiger partial charge >= 0.3 is 6.09 Å². The quantitative estimate of drug-likeness (QED) is 0.468. The minimum absolute atomic E-state index is 0.0324. The first-order valence-corrected chi connectivity index (χ1v) is 11.0. The molecule has 2 heterocycles. The van der Waals surface area contributed by atoms with Crippen LogP contribution in [0, 0.1) is 5.41 Å². The van der Waals surface area contributed by atoms with Crippen molar-refractivity contribution in [3.63, 3.8) is 0 Å². The number of benzene rings is 2. The number of aromatic nitrogens is 2.